The first-order valence-electron chi connectivity index (χ1n) is 4.08. The third kappa shape index (κ3) is 1.73. The first kappa shape index (κ1) is 9.83. The molecule has 0 saturated carbocycles. The minimum absolute atomic E-state index is 0.197. The molecule has 1 aliphatic rings. The summed E-state index contributed by atoms with van der Waals surface area (Å²) >= 11 is 3.77. The molecule has 1 atom stereocenters. The average Bonchev–Trinajstić information content (AvgIpc) is 2.30. The summed E-state index contributed by atoms with van der Waals surface area (Å²) in [6.07, 6.45) is 0.627. The molecule has 1 fully saturated rings. The third-order valence-corrected chi connectivity index (χ3v) is 2.24. The van der Waals surface area contributed by atoms with E-state index < -0.39 is 0 Å². The fraction of sp³-hybridized carbons (Fsp3) is 0.857. The van der Waals surface area contributed by atoms with Crippen molar-refractivity contribution in [3.63, 3.8) is 0 Å². The molecule has 0 aliphatic carbocycles. The summed E-state index contributed by atoms with van der Waals surface area (Å²) in [5.74, 6) is 0. The Balaban J connectivity index is 2.70. The monoisotopic (exact) mass is 189 g/mol. The molecule has 70 valence electrons. The lowest BCUT2D eigenvalue weighted by Gasteiger charge is -2.31. The Morgan fingerprint density at radius 3 is 2.58 bits per heavy atom. The SMILES string of the molecule is CC(C)N1CCC(N)N1C(=O)S. The maximum atomic E-state index is 11.0. The van der Waals surface area contributed by atoms with Crippen LogP contribution in [0.5, 0.6) is 0 Å². The van der Waals surface area contributed by atoms with Crippen molar-refractivity contribution in [2.45, 2.75) is 32.5 Å². The van der Waals surface area contributed by atoms with Crippen LogP contribution in [0.2, 0.25) is 0 Å². The van der Waals surface area contributed by atoms with E-state index in [9.17, 15) is 4.79 Å². The van der Waals surface area contributed by atoms with E-state index in [0.717, 1.165) is 13.0 Å². The van der Waals surface area contributed by atoms with Gasteiger partial charge in [-0.1, -0.05) is 12.6 Å². The molecule has 0 radical (unpaired) electrons. The van der Waals surface area contributed by atoms with Gasteiger partial charge in [0.2, 0.25) is 0 Å². The van der Waals surface area contributed by atoms with Crippen molar-refractivity contribution in [1.82, 2.24) is 10.0 Å². The maximum Gasteiger partial charge on any atom is 0.294 e. The Hall–Kier alpha value is -0.260. The molecule has 1 unspecified atom stereocenters. The van der Waals surface area contributed by atoms with Crippen LogP contribution < -0.4 is 5.73 Å². The molecular weight excluding hydrogens is 174 g/mol. The van der Waals surface area contributed by atoms with E-state index in [0.29, 0.717) is 6.04 Å². The molecule has 5 heteroatoms. The van der Waals surface area contributed by atoms with Gasteiger partial charge in [-0.05, 0) is 20.3 Å². The summed E-state index contributed by atoms with van der Waals surface area (Å²) in [7, 11) is 0. The molecule has 0 aromatic heterocycles. The highest BCUT2D eigenvalue weighted by atomic mass is 32.1. The van der Waals surface area contributed by atoms with Gasteiger partial charge in [-0.25, -0.2) is 10.0 Å². The molecule has 0 aromatic carbocycles. The minimum atomic E-state index is -0.270. The molecule has 1 aliphatic heterocycles. The fourth-order valence-corrected chi connectivity index (χ4v) is 1.71. The summed E-state index contributed by atoms with van der Waals surface area (Å²) in [6, 6.07) is 0.301. The predicted molar refractivity (Wildman–Crippen MR) is 50.7 cm³/mol. The van der Waals surface area contributed by atoms with Crippen LogP contribution in [-0.4, -0.2) is 34.0 Å². The zero-order valence-corrected chi connectivity index (χ0v) is 8.29. The summed E-state index contributed by atoms with van der Waals surface area (Å²) in [5, 5.41) is 3.20. The molecule has 4 nitrogen and oxygen atoms in total. The van der Waals surface area contributed by atoms with Crippen molar-refractivity contribution in [3.05, 3.63) is 0 Å². The zero-order valence-electron chi connectivity index (χ0n) is 7.40. The maximum absolute atomic E-state index is 11.0. The molecule has 0 bridgehead atoms. The molecule has 2 N–H and O–H groups in total. The van der Waals surface area contributed by atoms with E-state index in [-0.39, 0.29) is 11.4 Å². The van der Waals surface area contributed by atoms with Gasteiger partial charge in [0.15, 0.2) is 0 Å². The van der Waals surface area contributed by atoms with Crippen LogP contribution in [0.4, 0.5) is 4.79 Å². The van der Waals surface area contributed by atoms with Crippen LogP contribution in [-0.2, 0) is 0 Å². The smallest absolute Gasteiger partial charge is 0.294 e. The predicted octanol–water partition coefficient (Wildman–Crippen LogP) is 0.652. The topological polar surface area (TPSA) is 49.6 Å². The van der Waals surface area contributed by atoms with Gasteiger partial charge in [0.1, 0.15) is 0 Å². The largest absolute Gasteiger partial charge is 0.310 e. The van der Waals surface area contributed by atoms with Gasteiger partial charge >= 0.3 is 0 Å². The summed E-state index contributed by atoms with van der Waals surface area (Å²) in [4.78, 5) is 11.0. The lowest BCUT2D eigenvalue weighted by atomic mass is 10.3. The number of hydrogen-bond donors (Lipinski definition) is 2. The highest BCUT2D eigenvalue weighted by Gasteiger charge is 2.32. The second-order valence-electron chi connectivity index (χ2n) is 3.24. The quantitative estimate of drug-likeness (QED) is 0.596. The Morgan fingerprint density at radius 2 is 2.25 bits per heavy atom. The first-order valence-corrected chi connectivity index (χ1v) is 4.53. The van der Waals surface area contributed by atoms with E-state index in [1.54, 1.807) is 0 Å². The second-order valence-corrected chi connectivity index (χ2v) is 3.62. The number of nitrogens with zero attached hydrogens (tertiary/aromatic N) is 2. The number of thiol groups is 1. The lowest BCUT2D eigenvalue weighted by Crippen LogP contribution is -2.49. The molecule has 1 amide bonds. The van der Waals surface area contributed by atoms with Gasteiger partial charge in [0.25, 0.3) is 5.24 Å². The zero-order chi connectivity index (χ0) is 9.30. The average molecular weight is 189 g/mol. The van der Waals surface area contributed by atoms with Gasteiger partial charge in [-0.3, -0.25) is 4.79 Å². The van der Waals surface area contributed by atoms with E-state index in [1.807, 2.05) is 18.9 Å². The van der Waals surface area contributed by atoms with Gasteiger partial charge in [0, 0.05) is 12.6 Å². The van der Waals surface area contributed by atoms with Crippen LogP contribution in [0.3, 0.4) is 0 Å². The number of nitrogens with two attached hydrogens (primary N) is 1. The van der Waals surface area contributed by atoms with Crippen molar-refractivity contribution < 1.29 is 4.79 Å². The minimum Gasteiger partial charge on any atom is -0.310 e. The van der Waals surface area contributed by atoms with Gasteiger partial charge in [0.05, 0.1) is 6.17 Å². The Kier molecular flexibility index (Phi) is 2.98. The van der Waals surface area contributed by atoms with Crippen molar-refractivity contribution in [2.24, 2.45) is 5.73 Å². The molecule has 1 heterocycles. The van der Waals surface area contributed by atoms with E-state index in [4.69, 9.17) is 5.73 Å². The molecule has 12 heavy (non-hydrogen) atoms. The highest BCUT2D eigenvalue weighted by molar-refractivity contribution is 7.96. The molecule has 0 spiro atoms. The number of carbonyl (C=O) groups is 1. The Bertz CT molecular complexity index is 185. The number of amides is 1. The Morgan fingerprint density at radius 1 is 1.67 bits per heavy atom. The number of hydrogen-bond acceptors (Lipinski definition) is 3. The van der Waals surface area contributed by atoms with E-state index in [1.165, 1.54) is 5.01 Å². The van der Waals surface area contributed by atoms with Crippen LogP contribution in [0, 0.1) is 0 Å². The van der Waals surface area contributed by atoms with Gasteiger partial charge < -0.3 is 5.73 Å². The van der Waals surface area contributed by atoms with Gasteiger partial charge in [-0.15, -0.1) is 0 Å². The van der Waals surface area contributed by atoms with E-state index >= 15 is 0 Å². The molecule has 1 saturated heterocycles. The number of hydrazine groups is 1. The summed E-state index contributed by atoms with van der Waals surface area (Å²) in [6.45, 7) is 4.90. The second kappa shape index (κ2) is 3.64. The van der Waals surface area contributed by atoms with Crippen molar-refractivity contribution in [2.75, 3.05) is 6.54 Å². The van der Waals surface area contributed by atoms with Crippen LogP contribution in [0.1, 0.15) is 20.3 Å². The van der Waals surface area contributed by atoms with Gasteiger partial charge in [-0.2, -0.15) is 0 Å². The number of rotatable bonds is 1. The summed E-state index contributed by atoms with van der Waals surface area (Å²) in [5.41, 5.74) is 5.72. The Labute approximate surface area is 78.1 Å². The van der Waals surface area contributed by atoms with Crippen LogP contribution in [0.15, 0.2) is 0 Å². The standard InChI is InChI=1S/C7H15N3OS/c1-5(2)9-4-3-6(8)10(9)7(11)12/h5-6H,3-4,8H2,1-2H3,(H,11,12). The van der Waals surface area contributed by atoms with Crippen LogP contribution >= 0.6 is 12.6 Å². The lowest BCUT2D eigenvalue weighted by molar-refractivity contribution is 0.0250. The molecule has 0 aromatic rings. The normalized spacial score (nSPS) is 25.4. The fourth-order valence-electron chi connectivity index (χ4n) is 1.44. The molecule has 1 rings (SSSR count). The van der Waals surface area contributed by atoms with Crippen LogP contribution in [0.25, 0.3) is 0 Å². The third-order valence-electron chi connectivity index (χ3n) is 2.04. The van der Waals surface area contributed by atoms with Crippen molar-refractivity contribution >= 4 is 17.9 Å². The number of carbonyl (C=O) groups excluding carboxylic acids is 1. The van der Waals surface area contributed by atoms with Crippen molar-refractivity contribution in [3.8, 4) is 0 Å². The van der Waals surface area contributed by atoms with Crippen molar-refractivity contribution in [1.29, 1.82) is 0 Å². The molecular formula is C7H15N3OS. The summed E-state index contributed by atoms with van der Waals surface area (Å²) < 4.78 is 0. The van der Waals surface area contributed by atoms with E-state index in [2.05, 4.69) is 12.6 Å². The first-order chi connectivity index (χ1) is 5.54. The highest BCUT2D eigenvalue weighted by Crippen LogP contribution is 2.19.